The lowest BCUT2D eigenvalue weighted by molar-refractivity contribution is -0.147. The van der Waals surface area contributed by atoms with Gasteiger partial charge in [-0.3, -0.25) is 4.79 Å². The van der Waals surface area contributed by atoms with Crippen molar-refractivity contribution in [1.82, 2.24) is 5.32 Å². The van der Waals surface area contributed by atoms with Gasteiger partial charge in [0, 0.05) is 0 Å². The van der Waals surface area contributed by atoms with Crippen LogP contribution in [0.25, 0.3) is 0 Å². The van der Waals surface area contributed by atoms with Crippen molar-refractivity contribution in [2.45, 2.75) is 32.9 Å². The number of carbonyl (C=O) groups is 1. The number of esters is 1. The molecule has 0 aliphatic rings. The van der Waals surface area contributed by atoms with Crippen LogP contribution in [0.4, 0.5) is 0 Å². The quantitative estimate of drug-likeness (QED) is 0.591. The molecule has 1 aromatic rings. The highest BCUT2D eigenvalue weighted by Crippen LogP contribution is 2.08. The molecule has 4 nitrogen and oxygen atoms in total. The summed E-state index contributed by atoms with van der Waals surface area (Å²) in [5, 5.41) is 2.37. The Hall–Kier alpha value is -1.84. The van der Waals surface area contributed by atoms with Crippen molar-refractivity contribution in [3.63, 3.8) is 0 Å². The number of hydrogen-bond acceptors (Lipinski definition) is 3. The van der Waals surface area contributed by atoms with E-state index in [0.717, 1.165) is 5.56 Å². The Kier molecular flexibility index (Phi) is 5.91. The van der Waals surface area contributed by atoms with Gasteiger partial charge in [-0.15, -0.1) is 0 Å². The third-order valence-corrected chi connectivity index (χ3v) is 2.45. The van der Waals surface area contributed by atoms with E-state index >= 15 is 0 Å². The van der Waals surface area contributed by atoms with Crippen molar-refractivity contribution in [2.24, 2.45) is 5.92 Å². The van der Waals surface area contributed by atoms with Gasteiger partial charge in [0.05, 0.1) is 0 Å². The predicted octanol–water partition coefficient (Wildman–Crippen LogP) is 1.80. The Labute approximate surface area is 107 Å². The predicted molar refractivity (Wildman–Crippen MR) is 68.3 cm³/mol. The van der Waals surface area contributed by atoms with Crippen LogP contribution in [-0.4, -0.2) is 18.4 Å². The molecule has 0 saturated carbocycles. The molecule has 1 radical (unpaired) electrons. The lowest BCUT2D eigenvalue weighted by Gasteiger charge is -2.16. The van der Waals surface area contributed by atoms with Crippen LogP contribution in [0, 0.1) is 5.92 Å². The van der Waals surface area contributed by atoms with E-state index in [-0.39, 0.29) is 6.61 Å². The third-order valence-electron chi connectivity index (χ3n) is 2.45. The first-order valence-corrected chi connectivity index (χ1v) is 5.96. The molecule has 18 heavy (non-hydrogen) atoms. The number of benzene rings is 1. The molecule has 1 N–H and O–H groups in total. The van der Waals surface area contributed by atoms with E-state index in [4.69, 9.17) is 4.74 Å². The van der Waals surface area contributed by atoms with Crippen LogP contribution in [0.1, 0.15) is 25.8 Å². The SMILES string of the molecule is CC(C)CC(N[C]=O)C(=O)OCc1ccccc1. The first kappa shape index (κ1) is 14.2. The van der Waals surface area contributed by atoms with Crippen molar-refractivity contribution < 1.29 is 14.3 Å². The molecule has 0 fully saturated rings. The van der Waals surface area contributed by atoms with Crippen LogP contribution in [0.2, 0.25) is 0 Å². The topological polar surface area (TPSA) is 55.4 Å². The lowest BCUT2D eigenvalue weighted by atomic mass is 10.0. The van der Waals surface area contributed by atoms with Gasteiger partial charge in [-0.1, -0.05) is 44.2 Å². The lowest BCUT2D eigenvalue weighted by Crippen LogP contribution is -2.38. The first-order valence-electron chi connectivity index (χ1n) is 5.96. The maximum Gasteiger partial charge on any atom is 0.328 e. The molecule has 0 aliphatic heterocycles. The molecule has 1 amide bonds. The highest BCUT2D eigenvalue weighted by atomic mass is 16.5. The second-order valence-electron chi connectivity index (χ2n) is 4.52. The Morgan fingerprint density at radius 2 is 2.00 bits per heavy atom. The summed E-state index contributed by atoms with van der Waals surface area (Å²) in [5.41, 5.74) is 0.921. The number of ether oxygens (including phenoxy) is 1. The minimum atomic E-state index is -0.619. The standard InChI is InChI=1S/C14H18NO3/c1-11(2)8-13(15-10-16)14(17)18-9-12-6-4-3-5-7-12/h3-7,11,13H,8-9H2,1-2H3,(H,15,16). The summed E-state index contributed by atoms with van der Waals surface area (Å²) in [5.74, 6) is -0.129. The fourth-order valence-electron chi connectivity index (χ4n) is 1.59. The molecular weight excluding hydrogens is 230 g/mol. The smallest absolute Gasteiger partial charge is 0.328 e. The summed E-state index contributed by atoms with van der Waals surface area (Å²) < 4.78 is 5.16. The van der Waals surface area contributed by atoms with Crippen molar-refractivity contribution in [3.8, 4) is 0 Å². The van der Waals surface area contributed by atoms with Gasteiger partial charge in [0.25, 0.3) is 0 Å². The fraction of sp³-hybridized carbons (Fsp3) is 0.429. The van der Waals surface area contributed by atoms with Crippen LogP contribution in [0.5, 0.6) is 0 Å². The summed E-state index contributed by atoms with van der Waals surface area (Å²) in [6.45, 7) is 4.17. The molecule has 1 atom stereocenters. The molecule has 1 unspecified atom stereocenters. The summed E-state index contributed by atoms with van der Waals surface area (Å²) in [7, 11) is 0. The van der Waals surface area contributed by atoms with Crippen LogP contribution in [-0.2, 0) is 20.9 Å². The zero-order valence-electron chi connectivity index (χ0n) is 10.7. The molecule has 97 valence electrons. The highest BCUT2D eigenvalue weighted by molar-refractivity contribution is 5.78. The van der Waals surface area contributed by atoms with Gasteiger partial charge < -0.3 is 10.1 Å². The minimum Gasteiger partial charge on any atom is -0.459 e. The van der Waals surface area contributed by atoms with E-state index in [0.29, 0.717) is 12.3 Å². The average Bonchev–Trinajstić information content (AvgIpc) is 2.36. The maximum atomic E-state index is 11.8. The van der Waals surface area contributed by atoms with Crippen LogP contribution >= 0.6 is 0 Å². The number of nitrogens with one attached hydrogen (secondary N) is 1. The van der Waals surface area contributed by atoms with Gasteiger partial charge in [-0.05, 0) is 17.9 Å². The minimum absolute atomic E-state index is 0.217. The maximum absolute atomic E-state index is 11.8. The highest BCUT2D eigenvalue weighted by Gasteiger charge is 2.20. The number of carbonyl (C=O) groups excluding carboxylic acids is 2. The van der Waals surface area contributed by atoms with Crippen LogP contribution in [0.15, 0.2) is 30.3 Å². The first-order chi connectivity index (χ1) is 8.63. The molecule has 4 heteroatoms. The van der Waals surface area contributed by atoms with E-state index < -0.39 is 12.0 Å². The fourth-order valence-corrected chi connectivity index (χ4v) is 1.59. The van der Waals surface area contributed by atoms with Gasteiger partial charge in [-0.25, -0.2) is 4.79 Å². The largest absolute Gasteiger partial charge is 0.459 e. The Balaban J connectivity index is 2.48. The van der Waals surface area contributed by atoms with Crippen molar-refractivity contribution in [3.05, 3.63) is 35.9 Å². The molecule has 1 rings (SSSR count). The van der Waals surface area contributed by atoms with Crippen LogP contribution in [0.3, 0.4) is 0 Å². The molecule has 0 heterocycles. The van der Waals surface area contributed by atoms with Crippen molar-refractivity contribution in [1.29, 1.82) is 0 Å². The van der Waals surface area contributed by atoms with Gasteiger partial charge in [-0.2, -0.15) is 0 Å². The zero-order chi connectivity index (χ0) is 13.4. The number of amides is 1. The number of hydrogen-bond donors (Lipinski definition) is 1. The molecule has 0 saturated heterocycles. The van der Waals surface area contributed by atoms with Gasteiger partial charge in [0.2, 0.25) is 0 Å². The Morgan fingerprint density at radius 3 is 2.56 bits per heavy atom. The molecule has 0 aliphatic carbocycles. The zero-order valence-corrected chi connectivity index (χ0v) is 10.7. The van der Waals surface area contributed by atoms with E-state index in [1.807, 2.05) is 44.2 Å². The summed E-state index contributed by atoms with van der Waals surface area (Å²) in [6, 6.07) is 8.80. The molecular formula is C14H18NO3. The molecule has 0 aromatic heterocycles. The summed E-state index contributed by atoms with van der Waals surface area (Å²) in [6.07, 6.45) is 2.10. The van der Waals surface area contributed by atoms with E-state index in [9.17, 15) is 9.59 Å². The van der Waals surface area contributed by atoms with Crippen molar-refractivity contribution in [2.75, 3.05) is 0 Å². The average molecular weight is 248 g/mol. The van der Waals surface area contributed by atoms with Gasteiger partial charge >= 0.3 is 12.4 Å². The second-order valence-corrected chi connectivity index (χ2v) is 4.52. The third kappa shape index (κ3) is 4.99. The summed E-state index contributed by atoms with van der Waals surface area (Å²) >= 11 is 0. The number of rotatable bonds is 7. The van der Waals surface area contributed by atoms with E-state index in [2.05, 4.69) is 5.32 Å². The van der Waals surface area contributed by atoms with Crippen molar-refractivity contribution >= 4 is 12.4 Å². The Bertz CT molecular complexity index is 376. The molecule has 0 bridgehead atoms. The van der Waals surface area contributed by atoms with E-state index in [1.54, 1.807) is 6.41 Å². The summed E-state index contributed by atoms with van der Waals surface area (Å²) in [4.78, 5) is 22.1. The molecule has 0 spiro atoms. The van der Waals surface area contributed by atoms with Gasteiger partial charge in [0.15, 0.2) is 0 Å². The van der Waals surface area contributed by atoms with E-state index in [1.165, 1.54) is 0 Å². The monoisotopic (exact) mass is 248 g/mol. The van der Waals surface area contributed by atoms with Crippen LogP contribution < -0.4 is 5.32 Å². The Morgan fingerprint density at radius 1 is 1.33 bits per heavy atom. The second kappa shape index (κ2) is 7.48. The van der Waals surface area contributed by atoms with Gasteiger partial charge in [0.1, 0.15) is 12.6 Å². The molecule has 1 aromatic carbocycles. The normalized spacial score (nSPS) is 11.9.